The Bertz CT molecular complexity index is 400. The highest BCUT2D eigenvalue weighted by molar-refractivity contribution is 9.10. The second kappa shape index (κ2) is 4.85. The predicted octanol–water partition coefficient (Wildman–Crippen LogP) is 3.06. The minimum Gasteiger partial charge on any atom is -0.481 e. The van der Waals surface area contributed by atoms with Crippen LogP contribution in [0.5, 0.6) is 0 Å². The van der Waals surface area contributed by atoms with Crippen molar-refractivity contribution in [1.29, 1.82) is 0 Å². The number of carboxylic acid groups (broad SMARTS) is 1. The molecule has 0 fully saturated rings. The van der Waals surface area contributed by atoms with Gasteiger partial charge in [-0.3, -0.25) is 4.79 Å². The van der Waals surface area contributed by atoms with Crippen molar-refractivity contribution < 1.29 is 18.7 Å². The van der Waals surface area contributed by atoms with Gasteiger partial charge in [-0.1, -0.05) is 11.6 Å². The van der Waals surface area contributed by atoms with Crippen molar-refractivity contribution in [1.82, 2.24) is 4.98 Å². The molecule has 0 spiro atoms. The van der Waals surface area contributed by atoms with Crippen molar-refractivity contribution in [3.8, 4) is 0 Å². The van der Waals surface area contributed by atoms with Gasteiger partial charge in [0.15, 0.2) is 0 Å². The second-order valence-corrected chi connectivity index (χ2v) is 3.81. The summed E-state index contributed by atoms with van der Waals surface area (Å²) in [6.07, 6.45) is -3.18. The zero-order chi connectivity index (χ0) is 11.6. The predicted molar refractivity (Wildman–Crippen MR) is 53.2 cm³/mol. The maximum absolute atomic E-state index is 12.3. The fourth-order valence-electron chi connectivity index (χ4n) is 0.972. The molecule has 82 valence electrons. The third kappa shape index (κ3) is 3.10. The molecule has 1 rings (SSSR count). The molecule has 0 saturated heterocycles. The van der Waals surface area contributed by atoms with Crippen LogP contribution in [0.25, 0.3) is 0 Å². The van der Waals surface area contributed by atoms with Crippen LogP contribution in [0.1, 0.15) is 17.7 Å². The van der Waals surface area contributed by atoms with E-state index in [9.17, 15) is 13.6 Å². The van der Waals surface area contributed by atoms with E-state index < -0.39 is 24.5 Å². The van der Waals surface area contributed by atoms with Gasteiger partial charge >= 0.3 is 5.97 Å². The molecule has 15 heavy (non-hydrogen) atoms. The van der Waals surface area contributed by atoms with Gasteiger partial charge in [0.2, 0.25) is 0 Å². The van der Waals surface area contributed by atoms with Crippen LogP contribution in [0.4, 0.5) is 8.78 Å². The number of nitrogens with zero attached hydrogens (tertiary/aromatic N) is 1. The first kappa shape index (κ1) is 12.3. The Hall–Kier alpha value is -0.750. The van der Waals surface area contributed by atoms with E-state index in [2.05, 4.69) is 20.9 Å². The number of aliphatic carboxylic acids is 1. The highest BCUT2D eigenvalue weighted by Crippen LogP contribution is 2.29. The third-order valence-corrected chi connectivity index (χ3v) is 2.80. The molecule has 0 atom stereocenters. The molecule has 0 aliphatic carbocycles. The van der Waals surface area contributed by atoms with Crippen molar-refractivity contribution in [3.05, 3.63) is 26.9 Å². The molecule has 7 heteroatoms. The number of carbonyl (C=O) groups is 1. The summed E-state index contributed by atoms with van der Waals surface area (Å²) in [6.45, 7) is 0. The standard InChI is InChI=1S/C8H5BrClF2NO2/c9-7-6(10)3(2-5(14)15)1-4(13-7)8(11)12/h1,8H,2H2,(H,14,15). The van der Waals surface area contributed by atoms with Gasteiger partial charge in [-0.05, 0) is 27.6 Å². The molecule has 0 radical (unpaired) electrons. The van der Waals surface area contributed by atoms with Crippen molar-refractivity contribution in [2.45, 2.75) is 12.8 Å². The van der Waals surface area contributed by atoms with Crippen LogP contribution in [0.15, 0.2) is 10.7 Å². The van der Waals surface area contributed by atoms with E-state index in [0.29, 0.717) is 0 Å². The molecule has 0 aliphatic rings. The molecule has 0 aliphatic heterocycles. The number of rotatable bonds is 3. The van der Waals surface area contributed by atoms with Crippen LogP contribution in [-0.4, -0.2) is 16.1 Å². The quantitative estimate of drug-likeness (QED) is 0.873. The lowest BCUT2D eigenvalue weighted by Gasteiger charge is -2.06. The van der Waals surface area contributed by atoms with Gasteiger partial charge in [0.1, 0.15) is 10.3 Å². The number of hydrogen-bond acceptors (Lipinski definition) is 2. The van der Waals surface area contributed by atoms with E-state index in [1.165, 1.54) is 0 Å². The molecule has 1 heterocycles. The van der Waals surface area contributed by atoms with Gasteiger partial charge in [0.25, 0.3) is 6.43 Å². The zero-order valence-corrected chi connectivity index (χ0v) is 9.52. The smallest absolute Gasteiger partial charge is 0.307 e. The van der Waals surface area contributed by atoms with Crippen LogP contribution in [-0.2, 0) is 11.2 Å². The van der Waals surface area contributed by atoms with Crippen molar-refractivity contribution in [3.63, 3.8) is 0 Å². The summed E-state index contributed by atoms with van der Waals surface area (Å²) >= 11 is 8.58. The zero-order valence-electron chi connectivity index (χ0n) is 7.18. The van der Waals surface area contributed by atoms with Crippen molar-refractivity contribution in [2.75, 3.05) is 0 Å². The summed E-state index contributed by atoms with van der Waals surface area (Å²) in [6, 6.07) is 0.992. The monoisotopic (exact) mass is 299 g/mol. The molecule has 3 nitrogen and oxygen atoms in total. The summed E-state index contributed by atoms with van der Waals surface area (Å²) in [7, 11) is 0. The number of halogens is 4. The lowest BCUT2D eigenvalue weighted by molar-refractivity contribution is -0.136. The Kier molecular flexibility index (Phi) is 3.98. The molecule has 0 saturated carbocycles. The molecule has 1 aromatic rings. The first-order chi connectivity index (χ1) is 6.91. The molecule has 0 bridgehead atoms. The Labute approximate surface area is 97.2 Å². The Morgan fingerprint density at radius 1 is 1.67 bits per heavy atom. The molecule has 1 N–H and O–H groups in total. The summed E-state index contributed by atoms with van der Waals surface area (Å²) in [5, 5.41) is 8.57. The van der Waals surface area contributed by atoms with Gasteiger partial charge in [0, 0.05) is 0 Å². The first-order valence-corrected chi connectivity index (χ1v) is 4.93. The van der Waals surface area contributed by atoms with E-state index in [1.54, 1.807) is 0 Å². The van der Waals surface area contributed by atoms with Crippen molar-refractivity contribution >= 4 is 33.5 Å². The van der Waals surface area contributed by atoms with Crippen LogP contribution in [0, 0.1) is 0 Å². The Morgan fingerprint density at radius 3 is 2.73 bits per heavy atom. The fourth-order valence-corrected chi connectivity index (χ4v) is 1.60. The van der Waals surface area contributed by atoms with Gasteiger partial charge < -0.3 is 5.11 Å². The Balaban J connectivity index is 3.18. The number of carboxylic acids is 1. The minimum absolute atomic E-state index is 0.0261. The molecular weight excluding hydrogens is 295 g/mol. The largest absolute Gasteiger partial charge is 0.481 e. The normalized spacial score (nSPS) is 10.7. The third-order valence-electron chi connectivity index (χ3n) is 1.58. The van der Waals surface area contributed by atoms with E-state index in [-0.39, 0.29) is 15.2 Å². The highest BCUT2D eigenvalue weighted by atomic mass is 79.9. The number of hydrogen-bond donors (Lipinski definition) is 1. The van der Waals surface area contributed by atoms with E-state index in [0.717, 1.165) is 6.07 Å². The van der Waals surface area contributed by atoms with Crippen molar-refractivity contribution in [2.24, 2.45) is 0 Å². The van der Waals surface area contributed by atoms with E-state index >= 15 is 0 Å². The number of pyridine rings is 1. The molecule has 0 aromatic carbocycles. The lowest BCUT2D eigenvalue weighted by atomic mass is 10.1. The minimum atomic E-state index is -2.76. The number of aromatic nitrogens is 1. The van der Waals surface area contributed by atoms with Gasteiger partial charge in [-0.25, -0.2) is 13.8 Å². The SMILES string of the molecule is O=C(O)Cc1cc(C(F)F)nc(Br)c1Cl. The molecule has 0 amide bonds. The molecule has 1 aromatic heterocycles. The van der Waals surface area contributed by atoms with Crippen LogP contribution < -0.4 is 0 Å². The van der Waals surface area contributed by atoms with Gasteiger partial charge in [0.05, 0.1) is 11.4 Å². The summed E-state index contributed by atoms with van der Waals surface area (Å²) in [5.41, 5.74) is -0.385. The first-order valence-electron chi connectivity index (χ1n) is 3.76. The van der Waals surface area contributed by atoms with Crippen LogP contribution in [0.2, 0.25) is 5.02 Å². The van der Waals surface area contributed by atoms with E-state index in [1.807, 2.05) is 0 Å². The average Bonchev–Trinajstić information content (AvgIpc) is 2.11. The highest BCUT2D eigenvalue weighted by Gasteiger charge is 2.16. The maximum Gasteiger partial charge on any atom is 0.307 e. The summed E-state index contributed by atoms with van der Waals surface area (Å²) < 4.78 is 24.7. The van der Waals surface area contributed by atoms with Crippen LogP contribution in [0.3, 0.4) is 0 Å². The fraction of sp³-hybridized carbons (Fsp3) is 0.250. The van der Waals surface area contributed by atoms with Crippen LogP contribution >= 0.6 is 27.5 Å². The second-order valence-electron chi connectivity index (χ2n) is 2.68. The summed E-state index contributed by atoms with van der Waals surface area (Å²) in [4.78, 5) is 13.9. The maximum atomic E-state index is 12.3. The van der Waals surface area contributed by atoms with E-state index in [4.69, 9.17) is 16.7 Å². The lowest BCUT2D eigenvalue weighted by Crippen LogP contribution is -2.03. The molecule has 0 unspecified atom stereocenters. The van der Waals surface area contributed by atoms with Gasteiger partial charge in [-0.15, -0.1) is 0 Å². The Morgan fingerprint density at radius 2 is 2.27 bits per heavy atom. The topological polar surface area (TPSA) is 50.2 Å². The summed E-state index contributed by atoms with van der Waals surface area (Å²) in [5.74, 6) is -1.14. The number of alkyl halides is 2. The molecular formula is C8H5BrClF2NO2. The van der Waals surface area contributed by atoms with Gasteiger partial charge in [-0.2, -0.15) is 0 Å². The average molecular weight is 300 g/mol.